The number of aromatic nitrogens is 2. The van der Waals surface area contributed by atoms with Gasteiger partial charge in [0.2, 0.25) is 5.91 Å². The van der Waals surface area contributed by atoms with E-state index in [0.29, 0.717) is 10.9 Å². The quantitative estimate of drug-likeness (QED) is 0.373. The average Bonchev–Trinajstić information content (AvgIpc) is 3.40. The number of anilines is 2. The highest BCUT2D eigenvalue weighted by Crippen LogP contribution is 2.25. The Morgan fingerprint density at radius 1 is 1.09 bits per heavy atom. The molecule has 1 aliphatic heterocycles. The molecule has 0 bridgehead atoms. The number of benzene rings is 3. The zero-order valence-corrected chi connectivity index (χ0v) is 18.1. The minimum atomic E-state index is -0.0801. The predicted octanol–water partition coefficient (Wildman–Crippen LogP) is 5.64. The largest absolute Gasteiger partial charge is 0.338 e. The van der Waals surface area contributed by atoms with Crippen LogP contribution in [0.15, 0.2) is 66.7 Å². The van der Waals surface area contributed by atoms with Crippen LogP contribution >= 0.6 is 11.6 Å². The summed E-state index contributed by atoms with van der Waals surface area (Å²) in [6.07, 6.45) is 2.10. The third-order valence-corrected chi connectivity index (χ3v) is 5.86. The van der Waals surface area contributed by atoms with E-state index in [1.165, 1.54) is 0 Å². The molecule has 1 aliphatic rings. The van der Waals surface area contributed by atoms with Crippen LogP contribution in [0.4, 0.5) is 11.4 Å². The Balaban J connectivity index is 1.26. The number of aromatic amines is 1. The molecule has 0 radical (unpaired) electrons. The summed E-state index contributed by atoms with van der Waals surface area (Å²) in [5.41, 5.74) is 5.34. The van der Waals surface area contributed by atoms with Crippen molar-refractivity contribution >= 4 is 45.8 Å². The zero-order valence-electron chi connectivity index (χ0n) is 17.4. The number of amidine groups is 1. The van der Waals surface area contributed by atoms with Crippen LogP contribution in [0, 0.1) is 5.41 Å². The van der Waals surface area contributed by atoms with Gasteiger partial charge in [-0.15, -0.1) is 0 Å². The summed E-state index contributed by atoms with van der Waals surface area (Å²) in [6, 6.07) is 21.0. The van der Waals surface area contributed by atoms with Crippen LogP contribution in [0.5, 0.6) is 0 Å². The predicted molar refractivity (Wildman–Crippen MR) is 130 cm³/mol. The summed E-state index contributed by atoms with van der Waals surface area (Å²) in [5, 5.41) is 11.6. The van der Waals surface area contributed by atoms with Gasteiger partial charge in [0, 0.05) is 34.9 Å². The van der Waals surface area contributed by atoms with Gasteiger partial charge in [-0.3, -0.25) is 10.2 Å². The van der Waals surface area contributed by atoms with Crippen LogP contribution in [0.25, 0.3) is 22.4 Å². The van der Waals surface area contributed by atoms with Gasteiger partial charge in [-0.2, -0.15) is 0 Å². The number of hydrogen-bond acceptors (Lipinski definition) is 3. The lowest BCUT2D eigenvalue weighted by Crippen LogP contribution is -2.23. The number of imidazole rings is 1. The first-order valence-electron chi connectivity index (χ1n) is 10.5. The van der Waals surface area contributed by atoms with Crippen LogP contribution < -0.4 is 10.2 Å². The highest BCUT2D eigenvalue weighted by atomic mass is 35.5. The van der Waals surface area contributed by atoms with Crippen molar-refractivity contribution in [3.05, 3.63) is 77.3 Å². The lowest BCUT2D eigenvalue weighted by molar-refractivity contribution is -0.115. The minimum Gasteiger partial charge on any atom is -0.338 e. The Kier molecular flexibility index (Phi) is 5.37. The van der Waals surface area contributed by atoms with E-state index in [1.54, 1.807) is 0 Å². The molecule has 160 valence electrons. The first kappa shape index (κ1) is 20.3. The van der Waals surface area contributed by atoms with Crippen molar-refractivity contribution in [1.29, 1.82) is 5.41 Å². The average molecular weight is 444 g/mol. The van der Waals surface area contributed by atoms with Crippen molar-refractivity contribution < 1.29 is 4.79 Å². The third-order valence-electron chi connectivity index (χ3n) is 5.61. The lowest BCUT2D eigenvalue weighted by Gasteiger charge is -2.18. The van der Waals surface area contributed by atoms with E-state index in [9.17, 15) is 4.79 Å². The Labute approximate surface area is 190 Å². The van der Waals surface area contributed by atoms with Crippen molar-refractivity contribution in [2.45, 2.75) is 19.3 Å². The summed E-state index contributed by atoms with van der Waals surface area (Å²) in [5.74, 6) is 1.34. The lowest BCUT2D eigenvalue weighted by atomic mass is 10.1. The zero-order chi connectivity index (χ0) is 22.1. The second kappa shape index (κ2) is 8.48. The highest BCUT2D eigenvalue weighted by Gasteiger charge is 2.18. The van der Waals surface area contributed by atoms with E-state index in [4.69, 9.17) is 17.0 Å². The topological polar surface area (TPSA) is 84.9 Å². The van der Waals surface area contributed by atoms with Gasteiger partial charge in [0.25, 0.3) is 0 Å². The minimum absolute atomic E-state index is 0.0801. The maximum atomic E-state index is 12.6. The number of amides is 1. The number of rotatable bonds is 5. The van der Waals surface area contributed by atoms with Crippen LogP contribution in [0.3, 0.4) is 0 Å². The summed E-state index contributed by atoms with van der Waals surface area (Å²) >= 11 is 5.97. The molecule has 3 N–H and O–H groups in total. The van der Waals surface area contributed by atoms with Gasteiger partial charge in [-0.05, 0) is 72.6 Å². The molecule has 4 aromatic rings. The van der Waals surface area contributed by atoms with Crippen LogP contribution in [-0.2, 0) is 11.2 Å². The normalized spacial score (nSPS) is 13.7. The standard InChI is InChI=1S/C25H22ClN5O/c26-18-6-4-17(5-7-18)25-29-21-12-3-16(14-22(21)30-25)15-24(32)28-19-8-10-20(11-9-19)31-13-1-2-23(31)27/h3-12,14,27H,1-2,13,15H2,(H,28,32)(H,29,30). The fourth-order valence-electron chi connectivity index (χ4n) is 3.99. The van der Waals surface area contributed by atoms with Crippen molar-refractivity contribution in [2.75, 3.05) is 16.8 Å². The molecule has 1 amide bonds. The van der Waals surface area contributed by atoms with E-state index in [2.05, 4.69) is 15.3 Å². The fourth-order valence-corrected chi connectivity index (χ4v) is 4.11. The number of hydrogen-bond donors (Lipinski definition) is 3. The van der Waals surface area contributed by atoms with Gasteiger partial charge in [0.05, 0.1) is 17.5 Å². The Morgan fingerprint density at radius 2 is 1.88 bits per heavy atom. The molecule has 6 nitrogen and oxygen atoms in total. The number of halogens is 1. The molecule has 0 saturated carbocycles. The number of carbonyl (C=O) groups is 1. The highest BCUT2D eigenvalue weighted by molar-refractivity contribution is 6.30. The second-order valence-electron chi connectivity index (χ2n) is 7.92. The summed E-state index contributed by atoms with van der Waals surface area (Å²) in [6.45, 7) is 0.875. The number of H-pyrrole nitrogens is 1. The molecular formula is C25H22ClN5O. The van der Waals surface area contributed by atoms with Gasteiger partial charge in [-0.25, -0.2) is 4.98 Å². The van der Waals surface area contributed by atoms with Gasteiger partial charge >= 0.3 is 0 Å². The van der Waals surface area contributed by atoms with Crippen LogP contribution in [-0.4, -0.2) is 28.3 Å². The molecule has 32 heavy (non-hydrogen) atoms. The van der Waals surface area contributed by atoms with E-state index in [0.717, 1.165) is 58.7 Å². The molecule has 0 aliphatic carbocycles. The first-order valence-corrected chi connectivity index (χ1v) is 10.9. The molecule has 7 heteroatoms. The van der Waals surface area contributed by atoms with Crippen LogP contribution in [0.1, 0.15) is 18.4 Å². The second-order valence-corrected chi connectivity index (χ2v) is 8.35. The van der Waals surface area contributed by atoms with E-state index < -0.39 is 0 Å². The molecule has 0 unspecified atom stereocenters. The maximum Gasteiger partial charge on any atom is 0.228 e. The first-order chi connectivity index (χ1) is 15.5. The molecule has 1 saturated heterocycles. The van der Waals surface area contributed by atoms with Gasteiger partial charge in [0.1, 0.15) is 11.7 Å². The molecule has 1 aromatic heterocycles. The molecule has 5 rings (SSSR count). The van der Waals surface area contributed by atoms with Gasteiger partial charge in [0.15, 0.2) is 0 Å². The number of nitrogens with zero attached hydrogens (tertiary/aromatic N) is 2. The van der Waals surface area contributed by atoms with E-state index >= 15 is 0 Å². The van der Waals surface area contributed by atoms with E-state index in [1.807, 2.05) is 71.6 Å². The van der Waals surface area contributed by atoms with Crippen molar-refractivity contribution in [2.24, 2.45) is 0 Å². The molecule has 3 aromatic carbocycles. The van der Waals surface area contributed by atoms with Gasteiger partial charge in [-0.1, -0.05) is 17.7 Å². The summed E-state index contributed by atoms with van der Waals surface area (Å²) < 4.78 is 0. The maximum absolute atomic E-state index is 12.6. The number of nitrogens with one attached hydrogen (secondary N) is 3. The molecular weight excluding hydrogens is 422 g/mol. The Hall–Kier alpha value is -3.64. The van der Waals surface area contributed by atoms with E-state index in [-0.39, 0.29) is 12.3 Å². The molecule has 1 fully saturated rings. The number of fused-ring (bicyclic) bond motifs is 1. The third kappa shape index (κ3) is 4.22. The van der Waals surface area contributed by atoms with Crippen LogP contribution in [0.2, 0.25) is 5.02 Å². The number of carbonyl (C=O) groups excluding carboxylic acids is 1. The van der Waals surface area contributed by atoms with Crippen molar-refractivity contribution in [3.63, 3.8) is 0 Å². The SMILES string of the molecule is N=C1CCCN1c1ccc(NC(=O)Cc2ccc3nc(-c4ccc(Cl)cc4)[nH]c3c2)cc1. The summed E-state index contributed by atoms with van der Waals surface area (Å²) in [4.78, 5) is 22.5. The Bertz CT molecular complexity index is 1290. The molecule has 0 atom stereocenters. The monoisotopic (exact) mass is 443 g/mol. The Morgan fingerprint density at radius 3 is 2.59 bits per heavy atom. The van der Waals surface area contributed by atoms with Crippen molar-refractivity contribution in [3.8, 4) is 11.4 Å². The van der Waals surface area contributed by atoms with Gasteiger partial charge < -0.3 is 15.2 Å². The smallest absolute Gasteiger partial charge is 0.228 e. The molecule has 0 spiro atoms. The molecule has 2 heterocycles. The van der Waals surface area contributed by atoms with Crippen molar-refractivity contribution in [1.82, 2.24) is 9.97 Å². The summed E-state index contributed by atoms with van der Waals surface area (Å²) in [7, 11) is 0. The fraction of sp³-hybridized carbons (Fsp3) is 0.160.